The van der Waals surface area contributed by atoms with E-state index in [4.69, 9.17) is 0 Å². The van der Waals surface area contributed by atoms with Crippen molar-refractivity contribution < 1.29 is 5.11 Å². The second-order valence-electron chi connectivity index (χ2n) is 5.58. The van der Waals surface area contributed by atoms with Gasteiger partial charge in [0.2, 0.25) is 0 Å². The van der Waals surface area contributed by atoms with Crippen LogP contribution in [0.15, 0.2) is 55.1 Å². The Labute approximate surface area is 115 Å². The molecular weight excluding hydrogens is 232 g/mol. The monoisotopic (exact) mass is 254 g/mol. The lowest BCUT2D eigenvalue weighted by Crippen LogP contribution is -2.37. The van der Waals surface area contributed by atoms with E-state index in [1.165, 1.54) is 10.8 Å². The van der Waals surface area contributed by atoms with E-state index in [1.807, 2.05) is 32.1 Å². The van der Waals surface area contributed by atoms with E-state index in [0.29, 0.717) is 0 Å². The largest absolute Gasteiger partial charge is 0.389 e. The Morgan fingerprint density at radius 2 is 1.74 bits per heavy atom. The van der Waals surface area contributed by atoms with Gasteiger partial charge in [-0.3, -0.25) is 0 Å². The van der Waals surface area contributed by atoms with Gasteiger partial charge in [0.25, 0.3) is 0 Å². The highest BCUT2D eigenvalue weighted by molar-refractivity contribution is 5.83. The average Bonchev–Trinajstić information content (AvgIpc) is 2.44. The maximum absolute atomic E-state index is 10.7. The molecule has 0 aliphatic carbocycles. The first kappa shape index (κ1) is 13.8. The molecule has 19 heavy (non-hydrogen) atoms. The summed E-state index contributed by atoms with van der Waals surface area (Å²) in [7, 11) is 0. The maximum atomic E-state index is 10.7. The van der Waals surface area contributed by atoms with Gasteiger partial charge in [0.1, 0.15) is 0 Å². The van der Waals surface area contributed by atoms with Gasteiger partial charge in [-0.1, -0.05) is 62.4 Å². The Kier molecular flexibility index (Phi) is 3.77. The third kappa shape index (κ3) is 2.57. The summed E-state index contributed by atoms with van der Waals surface area (Å²) in [5, 5.41) is 13.2. The first-order chi connectivity index (χ1) is 8.96. The van der Waals surface area contributed by atoms with Crippen LogP contribution in [0.2, 0.25) is 0 Å². The quantitative estimate of drug-likeness (QED) is 0.795. The van der Waals surface area contributed by atoms with Crippen LogP contribution in [0.3, 0.4) is 0 Å². The molecule has 0 unspecified atom stereocenters. The highest BCUT2D eigenvalue weighted by Gasteiger charge is 2.33. The molecule has 0 aromatic heterocycles. The van der Waals surface area contributed by atoms with Gasteiger partial charge in [-0.15, -0.1) is 6.58 Å². The van der Waals surface area contributed by atoms with E-state index >= 15 is 0 Å². The van der Waals surface area contributed by atoms with Crippen molar-refractivity contribution in [1.82, 2.24) is 0 Å². The molecular formula is C18H22O. The van der Waals surface area contributed by atoms with Gasteiger partial charge in [-0.25, -0.2) is 0 Å². The van der Waals surface area contributed by atoms with Crippen molar-refractivity contribution >= 4 is 10.8 Å². The summed E-state index contributed by atoms with van der Waals surface area (Å²) in [6.07, 6.45) is 1.82. The molecule has 2 rings (SSSR count). The van der Waals surface area contributed by atoms with Gasteiger partial charge in [-0.05, 0) is 23.3 Å². The zero-order chi connectivity index (χ0) is 14.0. The minimum atomic E-state index is -0.787. The number of fused-ring (bicyclic) bond motifs is 1. The molecule has 1 heteroatoms. The van der Waals surface area contributed by atoms with Crippen molar-refractivity contribution in [2.75, 3.05) is 0 Å². The molecule has 0 fully saturated rings. The van der Waals surface area contributed by atoms with Crippen LogP contribution in [-0.4, -0.2) is 10.7 Å². The smallest absolute Gasteiger partial charge is 0.0744 e. The molecule has 0 saturated heterocycles. The molecule has 0 aliphatic rings. The summed E-state index contributed by atoms with van der Waals surface area (Å²) in [5.74, 6) is 0.110. The predicted molar refractivity (Wildman–Crippen MR) is 82.3 cm³/mol. The Morgan fingerprint density at radius 3 is 2.37 bits per heavy atom. The second kappa shape index (κ2) is 5.18. The van der Waals surface area contributed by atoms with Gasteiger partial charge >= 0.3 is 0 Å². The zero-order valence-corrected chi connectivity index (χ0v) is 11.9. The number of hydrogen-bond acceptors (Lipinski definition) is 1. The van der Waals surface area contributed by atoms with Gasteiger partial charge in [0, 0.05) is 11.8 Å². The molecule has 0 amide bonds. The highest BCUT2D eigenvalue weighted by Crippen LogP contribution is 2.35. The molecule has 0 radical (unpaired) electrons. The molecule has 0 bridgehead atoms. The summed E-state index contributed by atoms with van der Waals surface area (Å²) in [4.78, 5) is 0. The van der Waals surface area contributed by atoms with Crippen LogP contribution in [0.1, 0.15) is 32.3 Å². The normalized spacial score (nSPS) is 17.7. The first-order valence-electron chi connectivity index (χ1n) is 6.80. The van der Waals surface area contributed by atoms with E-state index < -0.39 is 5.60 Å². The van der Waals surface area contributed by atoms with E-state index in [9.17, 15) is 5.11 Å². The molecule has 0 heterocycles. The van der Waals surface area contributed by atoms with E-state index in [1.54, 1.807) is 0 Å². The number of aliphatic hydroxyl groups is 1. The standard InChI is InChI=1S/C18H22O/c1-5-13(2)18(4,19)14(3)16-11-10-15-8-6-7-9-17(15)12-16/h5-14,19H,1H2,2-4H3/t13-,14-,18-/m1/s1. The summed E-state index contributed by atoms with van der Waals surface area (Å²) in [5.41, 5.74) is 0.377. The second-order valence-corrected chi connectivity index (χ2v) is 5.58. The van der Waals surface area contributed by atoms with Crippen molar-refractivity contribution in [3.05, 3.63) is 60.7 Å². The molecule has 0 saturated carbocycles. The Balaban J connectivity index is 2.41. The van der Waals surface area contributed by atoms with Crippen LogP contribution in [0.5, 0.6) is 0 Å². The lowest BCUT2D eigenvalue weighted by molar-refractivity contribution is 0.00228. The first-order valence-corrected chi connectivity index (χ1v) is 6.80. The SMILES string of the molecule is C=C[C@@H](C)[C@@](C)(O)[C@H](C)c1ccc2ccccc2c1. The van der Waals surface area contributed by atoms with Crippen LogP contribution < -0.4 is 0 Å². The average molecular weight is 254 g/mol. The third-order valence-electron chi connectivity index (χ3n) is 4.43. The Hall–Kier alpha value is -1.60. The number of hydrogen-bond donors (Lipinski definition) is 1. The number of benzene rings is 2. The van der Waals surface area contributed by atoms with Crippen LogP contribution in [0.25, 0.3) is 10.8 Å². The number of rotatable bonds is 4. The molecule has 1 nitrogen and oxygen atoms in total. The summed E-state index contributed by atoms with van der Waals surface area (Å²) >= 11 is 0. The van der Waals surface area contributed by atoms with Crippen molar-refractivity contribution in [3.8, 4) is 0 Å². The fraction of sp³-hybridized carbons (Fsp3) is 0.333. The molecule has 0 spiro atoms. The lowest BCUT2D eigenvalue weighted by atomic mass is 9.76. The minimum Gasteiger partial charge on any atom is -0.389 e. The summed E-state index contributed by atoms with van der Waals surface area (Å²) in [6, 6.07) is 14.7. The van der Waals surface area contributed by atoms with E-state index in [2.05, 4.69) is 43.8 Å². The van der Waals surface area contributed by atoms with E-state index in [0.717, 1.165) is 5.56 Å². The van der Waals surface area contributed by atoms with Crippen LogP contribution in [-0.2, 0) is 0 Å². The molecule has 2 aromatic rings. The van der Waals surface area contributed by atoms with Crippen LogP contribution in [0, 0.1) is 5.92 Å². The topological polar surface area (TPSA) is 20.2 Å². The summed E-state index contributed by atoms with van der Waals surface area (Å²) in [6.45, 7) is 9.76. The third-order valence-corrected chi connectivity index (χ3v) is 4.43. The Bertz CT molecular complexity index is 583. The van der Waals surface area contributed by atoms with Crippen LogP contribution >= 0.6 is 0 Å². The van der Waals surface area contributed by atoms with Crippen molar-refractivity contribution in [2.24, 2.45) is 5.92 Å². The summed E-state index contributed by atoms with van der Waals surface area (Å²) < 4.78 is 0. The molecule has 1 N–H and O–H groups in total. The predicted octanol–water partition coefficient (Wildman–Crippen LogP) is 4.52. The van der Waals surface area contributed by atoms with E-state index in [-0.39, 0.29) is 11.8 Å². The van der Waals surface area contributed by atoms with Gasteiger partial charge in [0.15, 0.2) is 0 Å². The lowest BCUT2D eigenvalue weighted by Gasteiger charge is -2.35. The van der Waals surface area contributed by atoms with Crippen molar-refractivity contribution in [1.29, 1.82) is 0 Å². The Morgan fingerprint density at radius 1 is 1.11 bits per heavy atom. The van der Waals surface area contributed by atoms with Gasteiger partial charge < -0.3 is 5.11 Å². The maximum Gasteiger partial charge on any atom is 0.0744 e. The highest BCUT2D eigenvalue weighted by atomic mass is 16.3. The van der Waals surface area contributed by atoms with Gasteiger partial charge in [-0.2, -0.15) is 0 Å². The van der Waals surface area contributed by atoms with Crippen molar-refractivity contribution in [3.63, 3.8) is 0 Å². The fourth-order valence-electron chi connectivity index (χ4n) is 2.45. The zero-order valence-electron chi connectivity index (χ0n) is 11.9. The fourth-order valence-corrected chi connectivity index (χ4v) is 2.45. The van der Waals surface area contributed by atoms with Crippen molar-refractivity contribution in [2.45, 2.75) is 32.3 Å². The minimum absolute atomic E-state index is 0.0500. The molecule has 100 valence electrons. The molecule has 0 aliphatic heterocycles. The molecule has 3 atom stereocenters. The molecule has 2 aromatic carbocycles. The van der Waals surface area contributed by atoms with Gasteiger partial charge in [0.05, 0.1) is 5.60 Å². The van der Waals surface area contributed by atoms with Crippen LogP contribution in [0.4, 0.5) is 0 Å².